The molecule has 0 unspecified atom stereocenters. The highest BCUT2D eigenvalue weighted by atomic mass is 32.1. The van der Waals surface area contributed by atoms with Gasteiger partial charge in [-0.05, 0) is 48.4 Å². The lowest BCUT2D eigenvalue weighted by Crippen LogP contribution is -2.06. The van der Waals surface area contributed by atoms with Crippen molar-refractivity contribution in [1.82, 2.24) is 9.97 Å². The Hall–Kier alpha value is -3.67. The van der Waals surface area contributed by atoms with E-state index in [1.807, 2.05) is 60.8 Å². The van der Waals surface area contributed by atoms with Gasteiger partial charge in [-0.15, -0.1) is 11.3 Å². The molecule has 0 aliphatic rings. The molecule has 0 aliphatic carbocycles. The Labute approximate surface area is 177 Å². The molecule has 0 spiro atoms. The first-order valence-electron chi connectivity index (χ1n) is 9.10. The van der Waals surface area contributed by atoms with E-state index in [1.165, 1.54) is 16.9 Å². The van der Waals surface area contributed by atoms with E-state index >= 15 is 0 Å². The fraction of sp³-hybridized carbons (Fsp3) is 0.130. The zero-order valence-electron chi connectivity index (χ0n) is 16.2. The minimum Gasteiger partial charge on any atom is -0.457 e. The molecule has 0 saturated heterocycles. The first-order valence-corrected chi connectivity index (χ1v) is 9.98. The Kier molecular flexibility index (Phi) is 7.16. The Morgan fingerprint density at radius 1 is 1.00 bits per heavy atom. The molecule has 2 heterocycles. The minimum absolute atomic E-state index is 0.161. The maximum atomic E-state index is 12.2. The van der Waals surface area contributed by atoms with E-state index in [9.17, 15) is 4.79 Å². The smallest absolute Gasteiger partial charge is 0.373 e. The number of rotatable bonds is 6. The number of hydrogen-bond donors (Lipinski definition) is 0. The second-order valence-electron chi connectivity index (χ2n) is 6.48. The molecule has 0 radical (unpaired) electrons. The molecule has 0 amide bonds. The number of benzene rings is 2. The molecular weight excluding hydrogens is 400 g/mol. The van der Waals surface area contributed by atoms with Crippen LogP contribution in [-0.4, -0.2) is 21.9 Å². The van der Waals surface area contributed by atoms with E-state index in [4.69, 9.17) is 14.3 Å². The molecule has 2 aromatic heterocycles. The Morgan fingerprint density at radius 3 is 2.47 bits per heavy atom. The van der Waals surface area contributed by atoms with Gasteiger partial charge in [0.05, 0.1) is 16.9 Å². The Bertz CT molecular complexity index is 1170. The van der Waals surface area contributed by atoms with Crippen LogP contribution in [0.25, 0.3) is 10.9 Å². The quantitative estimate of drug-likeness (QED) is 0.456. The zero-order valence-corrected chi connectivity index (χ0v) is 17.0. The van der Waals surface area contributed by atoms with E-state index in [2.05, 4.69) is 9.97 Å². The number of hydrogen-bond acceptors (Lipinski definition) is 7. The summed E-state index contributed by atoms with van der Waals surface area (Å²) in [7, 11) is 0. The highest BCUT2D eigenvalue weighted by molar-refractivity contribution is 7.09. The van der Waals surface area contributed by atoms with Crippen molar-refractivity contribution in [1.29, 1.82) is 0 Å². The van der Waals surface area contributed by atoms with Crippen molar-refractivity contribution < 1.29 is 19.1 Å². The third kappa shape index (κ3) is 5.67. The van der Waals surface area contributed by atoms with Crippen LogP contribution < -0.4 is 4.74 Å². The van der Waals surface area contributed by atoms with Crippen molar-refractivity contribution in [3.63, 3.8) is 0 Å². The van der Waals surface area contributed by atoms with Crippen LogP contribution in [0.2, 0.25) is 0 Å². The maximum absolute atomic E-state index is 12.2. The van der Waals surface area contributed by atoms with Gasteiger partial charge in [-0.1, -0.05) is 18.2 Å². The summed E-state index contributed by atoms with van der Waals surface area (Å²) in [5, 5.41) is 3.73. The fourth-order valence-corrected chi connectivity index (χ4v) is 3.57. The predicted molar refractivity (Wildman–Crippen MR) is 113 cm³/mol. The largest absolute Gasteiger partial charge is 0.457 e. The number of nitrogens with zero attached hydrogens (tertiary/aromatic N) is 2. The van der Waals surface area contributed by atoms with E-state index in [0.29, 0.717) is 12.8 Å². The zero-order chi connectivity index (χ0) is 21.3. The maximum Gasteiger partial charge on any atom is 0.373 e. The third-order valence-electron chi connectivity index (χ3n) is 4.24. The summed E-state index contributed by atoms with van der Waals surface area (Å²) < 4.78 is 6.04. The number of thiazole rings is 1. The van der Waals surface area contributed by atoms with E-state index in [-0.39, 0.29) is 11.9 Å². The van der Waals surface area contributed by atoms with Crippen LogP contribution in [0.1, 0.15) is 16.1 Å². The second kappa shape index (κ2) is 10.2. The van der Waals surface area contributed by atoms with Crippen molar-refractivity contribution in [3.8, 4) is 11.5 Å². The van der Waals surface area contributed by atoms with Crippen LogP contribution in [0.15, 0.2) is 66.3 Å². The number of aromatic nitrogens is 2. The Balaban J connectivity index is 0.000000806. The number of carbonyl (C=O) groups excluding carboxylic acids is 3. The number of ketones is 1. The first-order chi connectivity index (χ1) is 14.6. The van der Waals surface area contributed by atoms with E-state index in [0.717, 1.165) is 33.0 Å². The van der Waals surface area contributed by atoms with Gasteiger partial charge in [0, 0.05) is 29.6 Å². The molecule has 0 saturated carbocycles. The minimum atomic E-state index is 0.161. The normalized spacial score (nSPS) is 10.0. The van der Waals surface area contributed by atoms with Gasteiger partial charge in [0.1, 0.15) is 17.3 Å². The summed E-state index contributed by atoms with van der Waals surface area (Å²) in [6.45, 7) is 2.04. The highest BCUT2D eigenvalue weighted by Gasteiger charge is 2.08. The lowest BCUT2D eigenvalue weighted by atomic mass is 10.1. The van der Waals surface area contributed by atoms with Crippen LogP contribution in [-0.2, 0) is 27.2 Å². The topological polar surface area (TPSA) is 86.2 Å². The van der Waals surface area contributed by atoms with Gasteiger partial charge in [-0.3, -0.25) is 9.78 Å². The van der Waals surface area contributed by atoms with Gasteiger partial charge in [0.15, 0.2) is 0 Å². The molecule has 150 valence electrons. The summed E-state index contributed by atoms with van der Waals surface area (Å²) in [5.41, 5.74) is 3.05. The number of Topliss-reactive ketones (excluding diaryl/α,β-unsaturated/α-hetero) is 1. The van der Waals surface area contributed by atoms with Crippen molar-refractivity contribution in [3.05, 3.63) is 82.4 Å². The van der Waals surface area contributed by atoms with Gasteiger partial charge in [0.25, 0.3) is 0 Å². The summed E-state index contributed by atoms with van der Waals surface area (Å²) in [4.78, 5) is 37.0. The van der Waals surface area contributed by atoms with Crippen molar-refractivity contribution in [2.75, 3.05) is 0 Å². The van der Waals surface area contributed by atoms with Crippen LogP contribution in [0.5, 0.6) is 11.5 Å². The predicted octanol–water partition coefficient (Wildman–Crippen LogP) is 4.56. The van der Waals surface area contributed by atoms with Crippen LogP contribution in [0.4, 0.5) is 0 Å². The average Bonchev–Trinajstić information content (AvgIpc) is 3.23. The molecule has 7 heteroatoms. The van der Waals surface area contributed by atoms with Gasteiger partial charge in [-0.25, -0.2) is 4.98 Å². The first kappa shape index (κ1) is 21.0. The van der Waals surface area contributed by atoms with E-state index in [1.54, 1.807) is 12.4 Å². The van der Waals surface area contributed by atoms with Crippen LogP contribution in [0.3, 0.4) is 0 Å². The van der Waals surface area contributed by atoms with Gasteiger partial charge < -0.3 is 4.74 Å². The summed E-state index contributed by atoms with van der Waals surface area (Å²) in [6.07, 6.45) is 4.52. The SMILES string of the molecule is Cc1ccc2c(Oc3ccc(CC(=O)Cc4nccs4)cc3)ccnc2c1.O=C=O. The van der Waals surface area contributed by atoms with Crippen molar-refractivity contribution in [2.45, 2.75) is 19.8 Å². The van der Waals surface area contributed by atoms with Crippen molar-refractivity contribution in [2.24, 2.45) is 0 Å². The molecule has 0 N–H and O–H groups in total. The van der Waals surface area contributed by atoms with Gasteiger partial charge in [0.2, 0.25) is 0 Å². The number of carbonyl (C=O) groups is 1. The summed E-state index contributed by atoms with van der Waals surface area (Å²) in [5.74, 6) is 1.67. The molecule has 30 heavy (non-hydrogen) atoms. The molecule has 0 aliphatic heterocycles. The number of aryl methyl sites for hydroxylation is 1. The molecule has 6 nitrogen and oxygen atoms in total. The lowest BCUT2D eigenvalue weighted by Gasteiger charge is -2.09. The number of ether oxygens (including phenoxy) is 1. The molecule has 0 bridgehead atoms. The monoisotopic (exact) mass is 418 g/mol. The number of fused-ring (bicyclic) bond motifs is 1. The third-order valence-corrected chi connectivity index (χ3v) is 5.02. The number of pyridine rings is 1. The molecular formula is C23H18N2O4S. The van der Waals surface area contributed by atoms with E-state index < -0.39 is 0 Å². The lowest BCUT2D eigenvalue weighted by molar-refractivity contribution is -0.191. The molecule has 4 rings (SSSR count). The van der Waals surface area contributed by atoms with Crippen LogP contribution in [0, 0.1) is 6.92 Å². The molecule has 0 atom stereocenters. The standard InChI is InChI=1S/C22H18N2O2S.CO2/c1-15-2-7-19-20(12-15)23-9-8-21(19)26-18-5-3-16(4-6-18)13-17(25)14-22-24-10-11-27-22;2-1-3/h2-12H,13-14H2,1H3;. The second-order valence-corrected chi connectivity index (χ2v) is 7.46. The van der Waals surface area contributed by atoms with Gasteiger partial charge >= 0.3 is 6.15 Å². The molecule has 4 aromatic rings. The molecule has 0 fully saturated rings. The van der Waals surface area contributed by atoms with Crippen molar-refractivity contribution >= 4 is 34.2 Å². The van der Waals surface area contributed by atoms with Crippen LogP contribution >= 0.6 is 11.3 Å². The Morgan fingerprint density at radius 2 is 1.77 bits per heavy atom. The summed E-state index contributed by atoms with van der Waals surface area (Å²) >= 11 is 1.51. The summed E-state index contributed by atoms with van der Waals surface area (Å²) in [6, 6.07) is 15.6. The van der Waals surface area contributed by atoms with Gasteiger partial charge in [-0.2, -0.15) is 9.59 Å². The molecule has 2 aromatic carbocycles. The highest BCUT2D eigenvalue weighted by Crippen LogP contribution is 2.29. The fourth-order valence-electron chi connectivity index (χ4n) is 2.92. The average molecular weight is 418 g/mol.